The number of hydrogen-bond acceptors (Lipinski definition) is 3. The molecule has 0 aliphatic rings. The second kappa shape index (κ2) is 7.61. The highest BCUT2D eigenvalue weighted by Crippen LogP contribution is 2.15. The van der Waals surface area contributed by atoms with Crippen LogP contribution in [0.2, 0.25) is 0 Å². The zero-order chi connectivity index (χ0) is 12.1. The van der Waals surface area contributed by atoms with Gasteiger partial charge in [-0.25, -0.2) is 0 Å². The zero-order valence-electron chi connectivity index (χ0n) is 9.60. The van der Waals surface area contributed by atoms with Crippen molar-refractivity contribution in [3.8, 4) is 0 Å². The standard InChI is InChI=1S/C12H13BrO3.BrH/c1-3-16-12(15)10(13)11(14)9-7-5-4-6-8(9)2;/h4-7,10H,3H2,1-2H3;1H. The quantitative estimate of drug-likeness (QED) is 0.356. The molecule has 1 unspecified atom stereocenters. The molecule has 0 spiro atoms. The van der Waals surface area contributed by atoms with E-state index in [4.69, 9.17) is 4.74 Å². The Hall–Kier alpha value is -0.680. The molecule has 17 heavy (non-hydrogen) atoms. The molecule has 0 saturated carbocycles. The van der Waals surface area contributed by atoms with Gasteiger partial charge in [0.1, 0.15) is 0 Å². The van der Waals surface area contributed by atoms with E-state index in [1.165, 1.54) is 0 Å². The lowest BCUT2D eigenvalue weighted by Gasteiger charge is -2.09. The monoisotopic (exact) mass is 364 g/mol. The molecular formula is C12H14Br2O3. The van der Waals surface area contributed by atoms with Crippen LogP contribution in [0, 0.1) is 6.92 Å². The van der Waals surface area contributed by atoms with Gasteiger partial charge in [0.05, 0.1) is 6.61 Å². The Labute approximate surface area is 119 Å². The number of aryl methyl sites for hydroxylation is 1. The van der Waals surface area contributed by atoms with Crippen LogP contribution >= 0.6 is 32.9 Å². The second-order valence-electron chi connectivity index (χ2n) is 3.29. The fourth-order valence-electron chi connectivity index (χ4n) is 1.31. The summed E-state index contributed by atoms with van der Waals surface area (Å²) in [6, 6.07) is 7.15. The van der Waals surface area contributed by atoms with Crippen LogP contribution in [-0.2, 0) is 9.53 Å². The van der Waals surface area contributed by atoms with E-state index in [0.717, 1.165) is 5.56 Å². The minimum atomic E-state index is -0.923. The summed E-state index contributed by atoms with van der Waals surface area (Å²) in [4.78, 5) is 22.4. The van der Waals surface area contributed by atoms with Gasteiger partial charge in [0, 0.05) is 5.56 Å². The van der Waals surface area contributed by atoms with Crippen molar-refractivity contribution in [1.82, 2.24) is 0 Å². The summed E-state index contributed by atoms with van der Waals surface area (Å²) in [6.45, 7) is 3.80. The molecule has 5 heteroatoms. The molecule has 0 fully saturated rings. The van der Waals surface area contributed by atoms with Gasteiger partial charge >= 0.3 is 5.97 Å². The van der Waals surface area contributed by atoms with Crippen molar-refractivity contribution in [3.05, 3.63) is 35.4 Å². The van der Waals surface area contributed by atoms with E-state index in [1.807, 2.05) is 19.1 Å². The molecule has 0 aliphatic heterocycles. The van der Waals surface area contributed by atoms with E-state index in [-0.39, 0.29) is 29.4 Å². The van der Waals surface area contributed by atoms with Crippen molar-refractivity contribution >= 4 is 44.7 Å². The van der Waals surface area contributed by atoms with Gasteiger partial charge in [-0.1, -0.05) is 40.2 Å². The van der Waals surface area contributed by atoms with Crippen LogP contribution in [0.3, 0.4) is 0 Å². The van der Waals surface area contributed by atoms with Gasteiger partial charge in [0.2, 0.25) is 0 Å². The predicted octanol–water partition coefficient (Wildman–Crippen LogP) is 3.08. The Morgan fingerprint density at radius 3 is 2.47 bits per heavy atom. The van der Waals surface area contributed by atoms with Crippen LogP contribution < -0.4 is 0 Å². The normalized spacial score (nSPS) is 11.2. The number of hydrogen-bond donors (Lipinski definition) is 0. The number of carbonyl (C=O) groups is 2. The van der Waals surface area contributed by atoms with E-state index in [9.17, 15) is 9.59 Å². The molecule has 1 atom stereocenters. The predicted molar refractivity (Wildman–Crippen MR) is 75.2 cm³/mol. The van der Waals surface area contributed by atoms with Crippen LogP contribution in [0.5, 0.6) is 0 Å². The lowest BCUT2D eigenvalue weighted by atomic mass is 10.0. The third-order valence-electron chi connectivity index (χ3n) is 2.13. The molecule has 0 heterocycles. The number of halogens is 2. The highest BCUT2D eigenvalue weighted by Gasteiger charge is 2.26. The van der Waals surface area contributed by atoms with E-state index in [2.05, 4.69) is 15.9 Å². The first-order valence-electron chi connectivity index (χ1n) is 4.98. The molecule has 0 bridgehead atoms. The van der Waals surface area contributed by atoms with Gasteiger partial charge in [0.25, 0.3) is 0 Å². The first-order valence-corrected chi connectivity index (χ1v) is 5.90. The molecular weight excluding hydrogens is 352 g/mol. The minimum Gasteiger partial charge on any atom is -0.465 e. The SMILES string of the molecule is Br.CCOC(=O)C(Br)C(=O)c1ccccc1C. The van der Waals surface area contributed by atoms with Crippen LogP contribution in [0.15, 0.2) is 24.3 Å². The molecule has 3 nitrogen and oxygen atoms in total. The Morgan fingerprint density at radius 1 is 1.35 bits per heavy atom. The number of benzene rings is 1. The topological polar surface area (TPSA) is 43.4 Å². The summed E-state index contributed by atoms with van der Waals surface area (Å²) in [6.07, 6.45) is 0. The third kappa shape index (κ3) is 4.24. The van der Waals surface area contributed by atoms with Crippen LogP contribution in [-0.4, -0.2) is 23.2 Å². The molecule has 0 amide bonds. The molecule has 94 valence electrons. The number of rotatable bonds is 4. The summed E-state index contributed by atoms with van der Waals surface area (Å²) in [5, 5.41) is 0. The van der Waals surface area contributed by atoms with Crippen molar-refractivity contribution in [1.29, 1.82) is 0 Å². The number of ketones is 1. The largest absolute Gasteiger partial charge is 0.465 e. The summed E-state index contributed by atoms with van der Waals surface area (Å²) in [5.41, 5.74) is 1.39. The molecule has 1 aromatic carbocycles. The second-order valence-corrected chi connectivity index (χ2v) is 4.21. The van der Waals surface area contributed by atoms with Gasteiger partial charge in [-0.2, -0.15) is 0 Å². The Morgan fingerprint density at radius 2 is 1.94 bits per heavy atom. The summed E-state index contributed by atoms with van der Waals surface area (Å²) in [5.74, 6) is -0.813. The molecule has 0 aromatic heterocycles. The fourth-order valence-corrected chi connectivity index (χ4v) is 1.69. The van der Waals surface area contributed by atoms with E-state index >= 15 is 0 Å². The number of ether oxygens (including phenoxy) is 1. The van der Waals surface area contributed by atoms with Crippen molar-refractivity contribution in [2.45, 2.75) is 18.7 Å². The maximum absolute atomic E-state index is 11.9. The van der Waals surface area contributed by atoms with Crippen LogP contribution in [0.25, 0.3) is 0 Å². The maximum Gasteiger partial charge on any atom is 0.327 e. The highest BCUT2D eigenvalue weighted by atomic mass is 79.9. The van der Waals surface area contributed by atoms with E-state index < -0.39 is 10.8 Å². The fraction of sp³-hybridized carbons (Fsp3) is 0.333. The smallest absolute Gasteiger partial charge is 0.327 e. The van der Waals surface area contributed by atoms with Gasteiger partial charge in [-0.15, -0.1) is 17.0 Å². The maximum atomic E-state index is 11.9. The Balaban J connectivity index is 0.00000256. The molecule has 1 rings (SSSR count). The number of Topliss-reactive ketones (excluding diaryl/α,β-unsaturated/α-hetero) is 1. The van der Waals surface area contributed by atoms with Crippen molar-refractivity contribution < 1.29 is 14.3 Å². The van der Waals surface area contributed by atoms with Crippen molar-refractivity contribution in [3.63, 3.8) is 0 Å². The Bertz CT molecular complexity index is 404. The molecule has 0 saturated heterocycles. The van der Waals surface area contributed by atoms with E-state index in [1.54, 1.807) is 19.1 Å². The summed E-state index contributed by atoms with van der Waals surface area (Å²) >= 11 is 3.06. The van der Waals surface area contributed by atoms with Crippen LogP contribution in [0.1, 0.15) is 22.8 Å². The van der Waals surface area contributed by atoms with Gasteiger partial charge in [-0.05, 0) is 19.4 Å². The van der Waals surface area contributed by atoms with Crippen LogP contribution in [0.4, 0.5) is 0 Å². The Kier molecular flexibility index (Phi) is 7.30. The highest BCUT2D eigenvalue weighted by molar-refractivity contribution is 9.10. The lowest BCUT2D eigenvalue weighted by molar-refractivity contribution is -0.141. The van der Waals surface area contributed by atoms with Crippen molar-refractivity contribution in [2.75, 3.05) is 6.61 Å². The number of esters is 1. The van der Waals surface area contributed by atoms with E-state index in [0.29, 0.717) is 5.56 Å². The minimum absolute atomic E-state index is 0. The molecule has 0 radical (unpaired) electrons. The first-order chi connectivity index (χ1) is 7.57. The average Bonchev–Trinajstić information content (AvgIpc) is 2.28. The van der Waals surface area contributed by atoms with Gasteiger partial charge < -0.3 is 4.74 Å². The molecule has 1 aromatic rings. The first kappa shape index (κ1) is 16.3. The molecule has 0 aliphatic carbocycles. The lowest BCUT2D eigenvalue weighted by Crippen LogP contribution is -2.26. The average molecular weight is 366 g/mol. The third-order valence-corrected chi connectivity index (χ3v) is 2.92. The number of carbonyl (C=O) groups excluding carboxylic acids is 2. The zero-order valence-corrected chi connectivity index (χ0v) is 12.9. The summed E-state index contributed by atoms with van der Waals surface area (Å²) in [7, 11) is 0. The van der Waals surface area contributed by atoms with Crippen molar-refractivity contribution in [2.24, 2.45) is 0 Å². The molecule has 0 N–H and O–H groups in total. The van der Waals surface area contributed by atoms with Gasteiger partial charge in [-0.3, -0.25) is 9.59 Å². The summed E-state index contributed by atoms with van der Waals surface area (Å²) < 4.78 is 4.78. The number of alkyl halides is 1. The van der Waals surface area contributed by atoms with Gasteiger partial charge in [0.15, 0.2) is 10.6 Å².